The van der Waals surface area contributed by atoms with Crippen LogP contribution in [0.2, 0.25) is 0 Å². The lowest BCUT2D eigenvalue weighted by atomic mass is 9.83. The molecule has 0 radical (unpaired) electrons. The number of hydrogen-bond acceptors (Lipinski definition) is 3. The van der Waals surface area contributed by atoms with Crippen molar-refractivity contribution >= 4 is 16.8 Å². The SMILES string of the molecule is COc1ccc2c(ccn2CCC(=O)N2CC3CC(C2)c2cccc(=O)n2C3)c1. The quantitative estimate of drug-likeness (QED) is 0.687. The second-order valence-electron chi connectivity index (χ2n) is 8.18. The fourth-order valence-corrected chi connectivity index (χ4v) is 4.97. The molecule has 150 valence electrons. The second kappa shape index (κ2) is 7.10. The molecule has 1 amide bonds. The first-order chi connectivity index (χ1) is 14.1. The Bertz CT molecular complexity index is 1130. The number of nitrogens with zero attached hydrogens (tertiary/aromatic N) is 3. The first kappa shape index (κ1) is 18.0. The molecule has 6 nitrogen and oxygen atoms in total. The highest BCUT2D eigenvalue weighted by atomic mass is 16.5. The van der Waals surface area contributed by atoms with Gasteiger partial charge < -0.3 is 18.8 Å². The van der Waals surface area contributed by atoms with Crippen molar-refractivity contribution in [3.05, 3.63) is 64.7 Å². The largest absolute Gasteiger partial charge is 0.497 e. The van der Waals surface area contributed by atoms with E-state index in [9.17, 15) is 9.59 Å². The molecular weight excluding hydrogens is 366 g/mol. The Labute approximate surface area is 169 Å². The number of hydrogen-bond donors (Lipinski definition) is 0. The van der Waals surface area contributed by atoms with E-state index in [1.54, 1.807) is 13.2 Å². The first-order valence-electron chi connectivity index (χ1n) is 10.2. The zero-order chi connectivity index (χ0) is 20.0. The Hall–Kier alpha value is -3.02. The molecule has 2 bridgehead atoms. The average molecular weight is 391 g/mol. The van der Waals surface area contributed by atoms with Crippen LogP contribution in [0.1, 0.15) is 24.5 Å². The number of aromatic nitrogens is 2. The third kappa shape index (κ3) is 3.22. The number of methoxy groups -OCH3 is 1. The zero-order valence-corrected chi connectivity index (χ0v) is 16.6. The summed E-state index contributed by atoms with van der Waals surface area (Å²) in [6, 6.07) is 13.6. The standard InChI is InChI=1S/C23H25N3O3/c1-29-19-5-6-20-17(12-19)7-9-24(20)10-8-22(27)25-13-16-11-18(15-25)21-3-2-4-23(28)26(21)14-16/h2-7,9,12,16,18H,8,10-11,13-15H2,1H3. The molecular formula is C23H25N3O3. The van der Waals surface area contributed by atoms with Gasteiger partial charge in [0.25, 0.3) is 5.56 Å². The van der Waals surface area contributed by atoms with E-state index in [1.807, 2.05) is 46.0 Å². The topological polar surface area (TPSA) is 56.5 Å². The third-order valence-corrected chi connectivity index (χ3v) is 6.38. The van der Waals surface area contributed by atoms with Crippen LogP contribution in [0, 0.1) is 5.92 Å². The summed E-state index contributed by atoms with van der Waals surface area (Å²) in [5.41, 5.74) is 2.27. The Morgan fingerprint density at radius 1 is 1.14 bits per heavy atom. The van der Waals surface area contributed by atoms with Crippen molar-refractivity contribution in [1.29, 1.82) is 0 Å². The molecule has 29 heavy (non-hydrogen) atoms. The van der Waals surface area contributed by atoms with E-state index in [4.69, 9.17) is 4.74 Å². The molecule has 2 aromatic heterocycles. The van der Waals surface area contributed by atoms with E-state index in [-0.39, 0.29) is 17.4 Å². The molecule has 0 N–H and O–H groups in total. The van der Waals surface area contributed by atoms with Crippen LogP contribution >= 0.6 is 0 Å². The van der Waals surface area contributed by atoms with Gasteiger partial charge in [-0.15, -0.1) is 0 Å². The number of amides is 1. The molecule has 0 aliphatic carbocycles. The van der Waals surface area contributed by atoms with Gasteiger partial charge in [0.15, 0.2) is 0 Å². The van der Waals surface area contributed by atoms with Gasteiger partial charge >= 0.3 is 0 Å². The Morgan fingerprint density at radius 3 is 2.90 bits per heavy atom. The number of carbonyl (C=O) groups is 1. The third-order valence-electron chi connectivity index (χ3n) is 6.38. The number of benzene rings is 1. The maximum absolute atomic E-state index is 13.0. The molecule has 4 heterocycles. The smallest absolute Gasteiger partial charge is 0.250 e. The molecule has 3 aromatic rings. The van der Waals surface area contributed by atoms with Gasteiger partial charge in [-0.05, 0) is 42.7 Å². The summed E-state index contributed by atoms with van der Waals surface area (Å²) in [7, 11) is 1.67. The monoisotopic (exact) mass is 391 g/mol. The van der Waals surface area contributed by atoms with E-state index in [0.717, 1.165) is 41.9 Å². The minimum atomic E-state index is 0.0769. The number of aryl methyl sites for hydroxylation is 1. The number of rotatable bonds is 4. The van der Waals surface area contributed by atoms with Crippen LogP contribution in [0.5, 0.6) is 5.75 Å². The fraction of sp³-hybridized carbons (Fsp3) is 0.391. The molecule has 5 rings (SSSR count). The molecule has 0 saturated carbocycles. The van der Waals surface area contributed by atoms with E-state index in [0.29, 0.717) is 25.4 Å². The number of pyridine rings is 1. The number of piperidine rings is 1. The van der Waals surface area contributed by atoms with Gasteiger partial charge in [-0.1, -0.05) is 6.07 Å². The highest BCUT2D eigenvalue weighted by Crippen LogP contribution is 2.35. The van der Waals surface area contributed by atoms with Gasteiger partial charge in [0.05, 0.1) is 7.11 Å². The van der Waals surface area contributed by atoms with Crippen LogP contribution in [-0.2, 0) is 17.9 Å². The molecule has 2 aliphatic heterocycles. The molecule has 1 aromatic carbocycles. The first-order valence-corrected chi connectivity index (χ1v) is 10.2. The van der Waals surface area contributed by atoms with Crippen molar-refractivity contribution < 1.29 is 9.53 Å². The van der Waals surface area contributed by atoms with Gasteiger partial charge in [-0.2, -0.15) is 0 Å². The fourth-order valence-electron chi connectivity index (χ4n) is 4.97. The van der Waals surface area contributed by atoms with Crippen molar-refractivity contribution in [2.24, 2.45) is 5.92 Å². The maximum atomic E-state index is 13.0. The summed E-state index contributed by atoms with van der Waals surface area (Å²) in [6.07, 6.45) is 3.58. The summed E-state index contributed by atoms with van der Waals surface area (Å²) < 4.78 is 9.32. The summed E-state index contributed by atoms with van der Waals surface area (Å²) in [4.78, 5) is 27.1. The van der Waals surface area contributed by atoms with Crippen LogP contribution in [0.25, 0.3) is 10.9 Å². The van der Waals surface area contributed by atoms with Crippen LogP contribution < -0.4 is 10.3 Å². The summed E-state index contributed by atoms with van der Waals surface area (Å²) in [5.74, 6) is 1.66. The Morgan fingerprint density at radius 2 is 2.03 bits per heavy atom. The van der Waals surface area contributed by atoms with Crippen molar-refractivity contribution in [1.82, 2.24) is 14.0 Å². The Kier molecular flexibility index (Phi) is 4.42. The predicted octanol–water partition coefficient (Wildman–Crippen LogP) is 2.85. The molecule has 1 fully saturated rings. The minimum Gasteiger partial charge on any atom is -0.497 e. The number of fused-ring (bicyclic) bond motifs is 5. The number of ether oxygens (including phenoxy) is 1. The molecule has 2 unspecified atom stereocenters. The van der Waals surface area contributed by atoms with Crippen LogP contribution in [0.15, 0.2) is 53.5 Å². The van der Waals surface area contributed by atoms with Gasteiger partial charge in [0.1, 0.15) is 5.75 Å². The molecule has 0 spiro atoms. The van der Waals surface area contributed by atoms with Crippen molar-refractivity contribution in [3.63, 3.8) is 0 Å². The average Bonchev–Trinajstić information content (AvgIpc) is 3.14. The summed E-state index contributed by atoms with van der Waals surface area (Å²) >= 11 is 0. The molecule has 2 aliphatic rings. The van der Waals surface area contributed by atoms with Crippen LogP contribution in [-0.4, -0.2) is 40.1 Å². The lowest BCUT2D eigenvalue weighted by Crippen LogP contribution is -2.49. The highest BCUT2D eigenvalue weighted by molar-refractivity contribution is 5.82. The van der Waals surface area contributed by atoms with Crippen molar-refractivity contribution in [2.45, 2.75) is 31.8 Å². The molecule has 6 heteroatoms. The van der Waals surface area contributed by atoms with Gasteiger partial charge in [-0.25, -0.2) is 0 Å². The van der Waals surface area contributed by atoms with E-state index in [1.165, 1.54) is 0 Å². The zero-order valence-electron chi connectivity index (χ0n) is 16.6. The lowest BCUT2D eigenvalue weighted by Gasteiger charge is -2.42. The second-order valence-corrected chi connectivity index (χ2v) is 8.18. The maximum Gasteiger partial charge on any atom is 0.250 e. The lowest BCUT2D eigenvalue weighted by molar-refractivity contribution is -0.134. The van der Waals surface area contributed by atoms with Crippen molar-refractivity contribution in [2.75, 3.05) is 20.2 Å². The summed E-state index contributed by atoms with van der Waals surface area (Å²) in [6.45, 7) is 2.85. The highest BCUT2D eigenvalue weighted by Gasteiger charge is 2.35. The minimum absolute atomic E-state index is 0.0769. The van der Waals surface area contributed by atoms with E-state index in [2.05, 4.69) is 10.6 Å². The predicted molar refractivity (Wildman–Crippen MR) is 111 cm³/mol. The van der Waals surface area contributed by atoms with Gasteiger partial charge in [-0.3, -0.25) is 9.59 Å². The van der Waals surface area contributed by atoms with Gasteiger partial charge in [0.2, 0.25) is 5.91 Å². The normalized spacial score (nSPS) is 20.5. The molecule has 1 saturated heterocycles. The van der Waals surface area contributed by atoms with Crippen LogP contribution in [0.4, 0.5) is 0 Å². The van der Waals surface area contributed by atoms with Crippen LogP contribution in [0.3, 0.4) is 0 Å². The van der Waals surface area contributed by atoms with Crippen molar-refractivity contribution in [3.8, 4) is 5.75 Å². The number of likely N-dealkylation sites (tertiary alicyclic amines) is 1. The van der Waals surface area contributed by atoms with E-state index >= 15 is 0 Å². The summed E-state index contributed by atoms with van der Waals surface area (Å²) in [5, 5.41) is 1.12. The Balaban J connectivity index is 1.28. The van der Waals surface area contributed by atoms with E-state index < -0.39 is 0 Å². The number of carbonyl (C=O) groups excluding carboxylic acids is 1. The van der Waals surface area contributed by atoms with Gasteiger partial charge in [0, 0.05) is 67.4 Å². The molecule has 2 atom stereocenters.